The Morgan fingerprint density at radius 1 is 1.21 bits per heavy atom. The molecular formula is C17H26FN. The van der Waals surface area contributed by atoms with Crippen LogP contribution in [0.4, 0.5) is 4.39 Å². The molecule has 0 radical (unpaired) electrons. The molecule has 1 saturated carbocycles. The Morgan fingerprint density at radius 3 is 2.58 bits per heavy atom. The smallest absolute Gasteiger partial charge is 0.123 e. The average molecular weight is 263 g/mol. The summed E-state index contributed by atoms with van der Waals surface area (Å²) in [6, 6.07) is 5.58. The molecule has 1 aromatic rings. The van der Waals surface area contributed by atoms with Crippen molar-refractivity contribution in [2.75, 3.05) is 0 Å². The number of nitrogens with one attached hydrogen (secondary N) is 1. The van der Waals surface area contributed by atoms with E-state index in [1.54, 1.807) is 6.07 Å². The highest BCUT2D eigenvalue weighted by molar-refractivity contribution is 5.26. The third-order valence-electron chi connectivity index (χ3n) is 4.53. The Kier molecular flexibility index (Phi) is 5.38. The molecule has 1 nitrogen and oxygen atoms in total. The van der Waals surface area contributed by atoms with E-state index in [1.807, 2.05) is 13.0 Å². The molecule has 1 aliphatic carbocycles. The van der Waals surface area contributed by atoms with E-state index >= 15 is 0 Å². The lowest BCUT2D eigenvalue weighted by atomic mass is 9.93. The highest BCUT2D eigenvalue weighted by Crippen LogP contribution is 2.25. The average Bonchev–Trinajstić information content (AvgIpc) is 2.68. The van der Waals surface area contributed by atoms with Gasteiger partial charge in [0.1, 0.15) is 5.82 Å². The molecule has 0 spiro atoms. The molecule has 0 bridgehead atoms. The van der Waals surface area contributed by atoms with Crippen LogP contribution in [0.1, 0.15) is 56.6 Å². The predicted molar refractivity (Wildman–Crippen MR) is 78.6 cm³/mol. The van der Waals surface area contributed by atoms with Crippen LogP contribution in [0.2, 0.25) is 0 Å². The first-order valence-corrected chi connectivity index (χ1v) is 7.65. The molecule has 2 rings (SSSR count). The van der Waals surface area contributed by atoms with Crippen LogP contribution in [0, 0.1) is 18.7 Å². The minimum atomic E-state index is -0.135. The second-order valence-corrected chi connectivity index (χ2v) is 5.99. The molecule has 19 heavy (non-hydrogen) atoms. The summed E-state index contributed by atoms with van der Waals surface area (Å²) in [6.45, 7) is 5.11. The van der Waals surface area contributed by atoms with Crippen LogP contribution < -0.4 is 5.32 Å². The van der Waals surface area contributed by atoms with E-state index in [4.69, 9.17) is 0 Å². The summed E-state index contributed by atoms with van der Waals surface area (Å²) in [4.78, 5) is 0. The van der Waals surface area contributed by atoms with Gasteiger partial charge >= 0.3 is 0 Å². The van der Waals surface area contributed by atoms with Gasteiger partial charge in [-0.15, -0.1) is 0 Å². The number of hydrogen-bond acceptors (Lipinski definition) is 1. The summed E-state index contributed by atoms with van der Waals surface area (Å²) in [7, 11) is 0. The number of halogens is 1. The van der Waals surface area contributed by atoms with Crippen molar-refractivity contribution in [2.45, 2.75) is 65.0 Å². The molecule has 2 heteroatoms. The lowest BCUT2D eigenvalue weighted by Gasteiger charge is -2.24. The number of aryl methyl sites for hydroxylation is 1. The first-order chi connectivity index (χ1) is 9.16. The van der Waals surface area contributed by atoms with Gasteiger partial charge in [0.2, 0.25) is 0 Å². The minimum Gasteiger partial charge on any atom is -0.310 e. The van der Waals surface area contributed by atoms with Crippen molar-refractivity contribution in [1.82, 2.24) is 5.32 Å². The molecule has 0 aliphatic heterocycles. The maximum absolute atomic E-state index is 13.3. The van der Waals surface area contributed by atoms with Crippen molar-refractivity contribution < 1.29 is 4.39 Å². The van der Waals surface area contributed by atoms with Crippen LogP contribution in [0.5, 0.6) is 0 Å². The van der Waals surface area contributed by atoms with Crippen molar-refractivity contribution in [3.63, 3.8) is 0 Å². The van der Waals surface area contributed by atoms with Gasteiger partial charge in [-0.25, -0.2) is 4.39 Å². The Hall–Kier alpha value is -0.890. The molecule has 0 aromatic heterocycles. The lowest BCUT2D eigenvalue weighted by molar-refractivity contribution is 0.336. The summed E-state index contributed by atoms with van der Waals surface area (Å²) in [5.74, 6) is 0.654. The second-order valence-electron chi connectivity index (χ2n) is 5.99. The molecule has 106 valence electrons. The van der Waals surface area contributed by atoms with E-state index < -0.39 is 0 Å². The van der Waals surface area contributed by atoms with Crippen LogP contribution >= 0.6 is 0 Å². The van der Waals surface area contributed by atoms with Gasteiger partial charge in [0, 0.05) is 12.6 Å². The van der Waals surface area contributed by atoms with E-state index in [1.165, 1.54) is 50.2 Å². The largest absolute Gasteiger partial charge is 0.310 e. The van der Waals surface area contributed by atoms with Crippen molar-refractivity contribution in [1.29, 1.82) is 0 Å². The topological polar surface area (TPSA) is 12.0 Å². The highest BCUT2D eigenvalue weighted by atomic mass is 19.1. The molecule has 0 saturated heterocycles. The first-order valence-electron chi connectivity index (χ1n) is 7.65. The molecule has 1 aromatic carbocycles. The maximum atomic E-state index is 13.3. The molecule has 1 aliphatic rings. The molecule has 0 heterocycles. The fourth-order valence-corrected chi connectivity index (χ4v) is 3.08. The Bertz CT molecular complexity index is 394. The summed E-state index contributed by atoms with van der Waals surface area (Å²) < 4.78 is 13.3. The van der Waals surface area contributed by atoms with Gasteiger partial charge in [-0.3, -0.25) is 0 Å². The summed E-state index contributed by atoms with van der Waals surface area (Å²) in [5.41, 5.74) is 2.25. The quantitative estimate of drug-likeness (QED) is 0.784. The molecule has 1 fully saturated rings. The van der Waals surface area contributed by atoms with Gasteiger partial charge in [0.25, 0.3) is 0 Å². The number of benzene rings is 1. The Labute approximate surface area is 116 Å². The second kappa shape index (κ2) is 7.04. The molecule has 0 amide bonds. The van der Waals surface area contributed by atoms with Gasteiger partial charge < -0.3 is 5.32 Å². The zero-order valence-corrected chi connectivity index (χ0v) is 12.2. The van der Waals surface area contributed by atoms with Crippen LogP contribution in [0.3, 0.4) is 0 Å². The fourth-order valence-electron chi connectivity index (χ4n) is 3.08. The number of hydrogen-bond donors (Lipinski definition) is 1. The van der Waals surface area contributed by atoms with Crippen LogP contribution in [0.15, 0.2) is 18.2 Å². The normalized spacial score (nSPS) is 19.1. The van der Waals surface area contributed by atoms with E-state index in [0.717, 1.165) is 18.0 Å². The zero-order chi connectivity index (χ0) is 13.7. The summed E-state index contributed by atoms with van der Waals surface area (Å²) in [6.07, 6.45) is 8.22. The van der Waals surface area contributed by atoms with E-state index in [0.29, 0.717) is 6.04 Å². The summed E-state index contributed by atoms with van der Waals surface area (Å²) in [5, 5.41) is 3.60. The van der Waals surface area contributed by atoms with E-state index in [-0.39, 0.29) is 5.82 Å². The number of rotatable bonds is 4. The van der Waals surface area contributed by atoms with Crippen molar-refractivity contribution in [3.8, 4) is 0 Å². The Balaban J connectivity index is 1.88. The standard InChI is InChI=1S/C17H26FN/c1-13-9-10-17(18)11-16(13)12-19-14(2)15-7-5-3-4-6-8-15/h9-11,14-15,19H,3-8,12H2,1-2H3/t14-/m1/s1. The molecule has 0 unspecified atom stereocenters. The third kappa shape index (κ3) is 4.31. The maximum Gasteiger partial charge on any atom is 0.123 e. The highest BCUT2D eigenvalue weighted by Gasteiger charge is 2.18. The monoisotopic (exact) mass is 263 g/mol. The SMILES string of the molecule is Cc1ccc(F)cc1CN[C@H](C)C1CCCCCC1. The van der Waals surface area contributed by atoms with Gasteiger partial charge in [-0.1, -0.05) is 31.7 Å². The van der Waals surface area contributed by atoms with Gasteiger partial charge in [0.05, 0.1) is 0 Å². The van der Waals surface area contributed by atoms with E-state index in [9.17, 15) is 4.39 Å². The molecule has 1 atom stereocenters. The van der Waals surface area contributed by atoms with Crippen LogP contribution in [-0.2, 0) is 6.54 Å². The molecular weight excluding hydrogens is 237 g/mol. The fraction of sp³-hybridized carbons (Fsp3) is 0.647. The first kappa shape index (κ1) is 14.5. The van der Waals surface area contributed by atoms with Gasteiger partial charge in [0.15, 0.2) is 0 Å². The van der Waals surface area contributed by atoms with Crippen molar-refractivity contribution in [3.05, 3.63) is 35.1 Å². The lowest BCUT2D eigenvalue weighted by Crippen LogP contribution is -2.33. The summed E-state index contributed by atoms with van der Waals surface area (Å²) >= 11 is 0. The van der Waals surface area contributed by atoms with E-state index in [2.05, 4.69) is 12.2 Å². The third-order valence-corrected chi connectivity index (χ3v) is 4.53. The molecule has 1 N–H and O–H groups in total. The van der Waals surface area contributed by atoms with Gasteiger partial charge in [-0.2, -0.15) is 0 Å². The van der Waals surface area contributed by atoms with Crippen molar-refractivity contribution in [2.24, 2.45) is 5.92 Å². The predicted octanol–water partition coefficient (Wildman–Crippen LogP) is 4.58. The van der Waals surface area contributed by atoms with Gasteiger partial charge in [-0.05, 0) is 55.9 Å². The Morgan fingerprint density at radius 2 is 1.89 bits per heavy atom. The van der Waals surface area contributed by atoms with Crippen LogP contribution in [0.25, 0.3) is 0 Å². The van der Waals surface area contributed by atoms with Crippen LogP contribution in [-0.4, -0.2) is 6.04 Å². The zero-order valence-electron chi connectivity index (χ0n) is 12.2. The minimum absolute atomic E-state index is 0.135. The van der Waals surface area contributed by atoms with Crippen molar-refractivity contribution >= 4 is 0 Å².